The summed E-state index contributed by atoms with van der Waals surface area (Å²) in [4.78, 5) is 40.6. The molecule has 1 aromatic rings. The summed E-state index contributed by atoms with van der Waals surface area (Å²) >= 11 is 0. The molecule has 8 nitrogen and oxygen atoms in total. The first kappa shape index (κ1) is 23.0. The highest BCUT2D eigenvalue weighted by atomic mass is 16.6. The van der Waals surface area contributed by atoms with Crippen LogP contribution in [0.5, 0.6) is 0 Å². The number of hydrogen-bond acceptors (Lipinski definition) is 6. The molecular formula is C23H33N3O5. The summed E-state index contributed by atoms with van der Waals surface area (Å²) in [5.74, 6) is -0.938. The molecule has 0 unspecified atom stereocenters. The zero-order valence-corrected chi connectivity index (χ0v) is 18.7. The van der Waals surface area contributed by atoms with Gasteiger partial charge < -0.3 is 14.5 Å². The molecule has 0 aromatic heterocycles. The lowest BCUT2D eigenvalue weighted by Gasteiger charge is -2.40. The largest absolute Gasteiger partial charge is 0.449 e. The van der Waals surface area contributed by atoms with Crippen LogP contribution in [0.4, 0.5) is 11.4 Å². The number of amides is 1. The third-order valence-corrected chi connectivity index (χ3v) is 6.43. The van der Waals surface area contributed by atoms with E-state index in [1.54, 1.807) is 24.0 Å². The number of nitrogens with zero attached hydrogens (tertiary/aromatic N) is 3. The van der Waals surface area contributed by atoms with Gasteiger partial charge in [0.1, 0.15) is 5.69 Å². The molecule has 1 amide bonds. The van der Waals surface area contributed by atoms with Crippen LogP contribution in [-0.4, -0.2) is 53.0 Å². The Morgan fingerprint density at radius 1 is 1.06 bits per heavy atom. The monoisotopic (exact) mass is 431 g/mol. The summed E-state index contributed by atoms with van der Waals surface area (Å²) in [5, 5.41) is 11.7. The SMILES string of the molecule is C[C@@H]1CCC[C@H](C)N1C(=O)[C@@H](C)OC(=O)c1ccc(N2CCCCCC2)c([N+](=O)[O-])c1. The van der Waals surface area contributed by atoms with E-state index in [1.807, 2.05) is 18.7 Å². The Morgan fingerprint density at radius 2 is 1.68 bits per heavy atom. The molecule has 3 atom stereocenters. The fraction of sp³-hybridized carbons (Fsp3) is 0.652. The standard InChI is InChI=1S/C23H33N3O5/c1-16-9-8-10-17(2)25(16)22(27)18(3)31-23(28)19-11-12-20(21(15-19)26(29)30)24-13-6-4-5-7-14-24/h11-12,15-18H,4-10,13-14H2,1-3H3/t16-,17+,18-/m1/s1. The molecule has 170 valence electrons. The van der Waals surface area contributed by atoms with Gasteiger partial charge in [0.05, 0.1) is 10.5 Å². The highest BCUT2D eigenvalue weighted by molar-refractivity contribution is 5.94. The molecule has 3 rings (SSSR count). The summed E-state index contributed by atoms with van der Waals surface area (Å²) in [5.41, 5.74) is 0.516. The number of esters is 1. The van der Waals surface area contributed by atoms with Crippen molar-refractivity contribution in [2.45, 2.75) is 83.9 Å². The van der Waals surface area contributed by atoms with Crippen molar-refractivity contribution in [3.63, 3.8) is 0 Å². The van der Waals surface area contributed by atoms with Crippen LogP contribution in [-0.2, 0) is 9.53 Å². The molecule has 8 heteroatoms. The van der Waals surface area contributed by atoms with Crippen molar-refractivity contribution in [3.05, 3.63) is 33.9 Å². The number of likely N-dealkylation sites (tertiary alicyclic amines) is 1. The Labute approximate surface area is 183 Å². The number of benzene rings is 1. The van der Waals surface area contributed by atoms with Gasteiger partial charge in [0.15, 0.2) is 6.10 Å². The van der Waals surface area contributed by atoms with Gasteiger partial charge in [0.25, 0.3) is 11.6 Å². The Morgan fingerprint density at radius 3 is 2.26 bits per heavy atom. The van der Waals surface area contributed by atoms with Crippen molar-refractivity contribution in [1.82, 2.24) is 4.90 Å². The van der Waals surface area contributed by atoms with Crippen molar-refractivity contribution in [2.75, 3.05) is 18.0 Å². The van der Waals surface area contributed by atoms with Crippen molar-refractivity contribution in [3.8, 4) is 0 Å². The molecule has 2 aliphatic heterocycles. The second kappa shape index (κ2) is 10.1. The van der Waals surface area contributed by atoms with E-state index in [2.05, 4.69) is 0 Å². The van der Waals surface area contributed by atoms with E-state index in [9.17, 15) is 19.7 Å². The van der Waals surface area contributed by atoms with Crippen molar-refractivity contribution in [2.24, 2.45) is 0 Å². The maximum Gasteiger partial charge on any atom is 0.339 e. The van der Waals surface area contributed by atoms with E-state index in [4.69, 9.17) is 4.74 Å². The number of hydrogen-bond donors (Lipinski definition) is 0. The predicted molar refractivity (Wildman–Crippen MR) is 118 cm³/mol. The number of anilines is 1. The first-order valence-corrected chi connectivity index (χ1v) is 11.4. The zero-order valence-electron chi connectivity index (χ0n) is 18.7. The Bertz CT molecular complexity index is 809. The van der Waals surface area contributed by atoms with Gasteiger partial charge in [-0.15, -0.1) is 0 Å². The summed E-state index contributed by atoms with van der Waals surface area (Å²) in [6, 6.07) is 4.66. The number of rotatable bonds is 5. The molecule has 2 aliphatic rings. The van der Waals surface area contributed by atoms with Gasteiger partial charge in [-0.05, 0) is 65.0 Å². The van der Waals surface area contributed by atoms with Crippen LogP contribution < -0.4 is 4.90 Å². The molecule has 0 N–H and O–H groups in total. The van der Waals surface area contributed by atoms with Gasteiger partial charge in [0.2, 0.25) is 0 Å². The smallest absolute Gasteiger partial charge is 0.339 e. The molecule has 0 radical (unpaired) electrons. The van der Waals surface area contributed by atoms with Crippen LogP contribution >= 0.6 is 0 Å². The summed E-state index contributed by atoms with van der Waals surface area (Å²) in [7, 11) is 0. The van der Waals surface area contributed by atoms with Gasteiger partial charge in [-0.3, -0.25) is 14.9 Å². The summed E-state index contributed by atoms with van der Waals surface area (Å²) in [6.07, 6.45) is 6.22. The fourth-order valence-corrected chi connectivity index (χ4v) is 4.72. The number of nitro benzene ring substituents is 1. The fourth-order valence-electron chi connectivity index (χ4n) is 4.72. The quantitative estimate of drug-likeness (QED) is 0.392. The minimum absolute atomic E-state index is 0.0877. The minimum atomic E-state index is -0.945. The van der Waals surface area contributed by atoms with E-state index >= 15 is 0 Å². The minimum Gasteiger partial charge on any atom is -0.449 e. The molecule has 0 spiro atoms. The molecule has 2 heterocycles. The van der Waals surface area contributed by atoms with Gasteiger partial charge in [-0.25, -0.2) is 4.79 Å². The van der Waals surface area contributed by atoms with Crippen LogP contribution in [0, 0.1) is 10.1 Å². The predicted octanol–water partition coefficient (Wildman–Crippen LogP) is 4.31. The third kappa shape index (κ3) is 5.35. The summed E-state index contributed by atoms with van der Waals surface area (Å²) < 4.78 is 5.42. The number of nitro groups is 1. The maximum atomic E-state index is 12.9. The first-order chi connectivity index (χ1) is 14.8. The van der Waals surface area contributed by atoms with E-state index in [-0.39, 0.29) is 29.2 Å². The van der Waals surface area contributed by atoms with Gasteiger partial charge in [0, 0.05) is 31.2 Å². The highest BCUT2D eigenvalue weighted by Gasteiger charge is 2.33. The average molecular weight is 432 g/mol. The Hall–Kier alpha value is -2.64. The number of piperidine rings is 1. The van der Waals surface area contributed by atoms with Crippen LogP contribution in [0.2, 0.25) is 0 Å². The number of carbonyl (C=O) groups excluding carboxylic acids is 2. The normalized spacial score (nSPS) is 23.1. The lowest BCUT2D eigenvalue weighted by atomic mass is 9.97. The molecule has 31 heavy (non-hydrogen) atoms. The lowest BCUT2D eigenvalue weighted by Crippen LogP contribution is -2.51. The van der Waals surface area contributed by atoms with Crippen molar-refractivity contribution < 1.29 is 19.2 Å². The van der Waals surface area contributed by atoms with E-state index in [0.717, 1.165) is 58.0 Å². The molecule has 2 saturated heterocycles. The van der Waals surface area contributed by atoms with E-state index < -0.39 is 17.0 Å². The van der Waals surface area contributed by atoms with E-state index in [1.165, 1.54) is 6.07 Å². The molecule has 0 aliphatic carbocycles. The third-order valence-electron chi connectivity index (χ3n) is 6.43. The zero-order chi connectivity index (χ0) is 22.5. The van der Waals surface area contributed by atoms with Crippen LogP contribution in [0.15, 0.2) is 18.2 Å². The average Bonchev–Trinajstić information content (AvgIpc) is 3.02. The van der Waals surface area contributed by atoms with Crippen molar-refractivity contribution in [1.29, 1.82) is 0 Å². The Kier molecular flexibility index (Phi) is 7.51. The maximum absolute atomic E-state index is 12.9. The van der Waals surface area contributed by atoms with Gasteiger partial charge in [-0.2, -0.15) is 0 Å². The lowest BCUT2D eigenvalue weighted by molar-refractivity contribution is -0.384. The molecule has 1 aromatic carbocycles. The number of ether oxygens (including phenoxy) is 1. The Balaban J connectivity index is 1.74. The van der Waals surface area contributed by atoms with Crippen LogP contribution in [0.1, 0.15) is 76.1 Å². The van der Waals surface area contributed by atoms with Crippen molar-refractivity contribution >= 4 is 23.3 Å². The number of carbonyl (C=O) groups is 2. The van der Waals surface area contributed by atoms with Gasteiger partial charge >= 0.3 is 5.97 Å². The molecule has 0 saturated carbocycles. The second-order valence-electron chi connectivity index (χ2n) is 8.78. The molecule has 2 fully saturated rings. The summed E-state index contributed by atoms with van der Waals surface area (Å²) in [6.45, 7) is 7.11. The molecular weight excluding hydrogens is 398 g/mol. The van der Waals surface area contributed by atoms with E-state index in [0.29, 0.717) is 5.69 Å². The topological polar surface area (TPSA) is 93.0 Å². The van der Waals surface area contributed by atoms with Crippen LogP contribution in [0.25, 0.3) is 0 Å². The molecule has 0 bridgehead atoms. The van der Waals surface area contributed by atoms with Gasteiger partial charge in [-0.1, -0.05) is 12.8 Å². The second-order valence-corrected chi connectivity index (χ2v) is 8.78. The highest BCUT2D eigenvalue weighted by Crippen LogP contribution is 2.31. The first-order valence-electron chi connectivity index (χ1n) is 11.4. The van der Waals surface area contributed by atoms with Crippen LogP contribution in [0.3, 0.4) is 0 Å².